The van der Waals surface area contributed by atoms with E-state index in [0.717, 1.165) is 0 Å². The van der Waals surface area contributed by atoms with Gasteiger partial charge in [0.1, 0.15) is 17.6 Å². The third-order valence-electron chi connectivity index (χ3n) is 4.19. The molecule has 2 aromatic rings. The Morgan fingerprint density at radius 3 is 2.59 bits per heavy atom. The zero-order valence-corrected chi connectivity index (χ0v) is 17.9. The Morgan fingerprint density at radius 1 is 1.21 bits per heavy atom. The predicted molar refractivity (Wildman–Crippen MR) is 115 cm³/mol. The Balaban J connectivity index is 1.99. The van der Waals surface area contributed by atoms with Crippen LogP contribution in [0.1, 0.15) is 12.0 Å². The molecule has 0 heterocycles. The summed E-state index contributed by atoms with van der Waals surface area (Å²) in [7, 11) is 1.56. The van der Waals surface area contributed by atoms with E-state index in [9.17, 15) is 14.0 Å². The minimum Gasteiger partial charge on any atom is -0.484 e. The van der Waals surface area contributed by atoms with Gasteiger partial charge in [0.05, 0.1) is 0 Å². The summed E-state index contributed by atoms with van der Waals surface area (Å²) in [5.41, 5.74) is 0.243. The van der Waals surface area contributed by atoms with Crippen molar-refractivity contribution in [3.8, 4) is 5.75 Å². The summed E-state index contributed by atoms with van der Waals surface area (Å²) in [5.74, 6) is 0.0703. The fourth-order valence-electron chi connectivity index (χ4n) is 2.66. The van der Waals surface area contributed by atoms with Gasteiger partial charge in [0.25, 0.3) is 5.91 Å². The number of likely N-dealkylation sites (N-methyl/N-ethyl adjacent to an activating group) is 1. The smallest absolute Gasteiger partial charge is 0.258 e. The molecule has 0 aromatic heterocycles. The van der Waals surface area contributed by atoms with E-state index in [2.05, 4.69) is 5.32 Å². The van der Waals surface area contributed by atoms with E-state index in [1.54, 1.807) is 49.1 Å². The minimum atomic E-state index is -0.732. The molecule has 0 spiro atoms. The van der Waals surface area contributed by atoms with Gasteiger partial charge in [0.15, 0.2) is 6.61 Å². The molecule has 1 atom stereocenters. The molecule has 2 rings (SSSR count). The lowest BCUT2D eigenvalue weighted by molar-refractivity contribution is -0.136. The van der Waals surface area contributed by atoms with Gasteiger partial charge in [-0.3, -0.25) is 9.59 Å². The summed E-state index contributed by atoms with van der Waals surface area (Å²) in [6.45, 7) is -0.188. The lowest BCUT2D eigenvalue weighted by atomic mass is 10.1. The van der Waals surface area contributed by atoms with Crippen LogP contribution in [0.3, 0.4) is 0 Å². The molecule has 29 heavy (non-hydrogen) atoms. The highest BCUT2D eigenvalue weighted by atomic mass is 35.5. The van der Waals surface area contributed by atoms with Gasteiger partial charge in [-0.25, -0.2) is 4.39 Å². The van der Waals surface area contributed by atoms with E-state index < -0.39 is 17.8 Å². The lowest BCUT2D eigenvalue weighted by Gasteiger charge is -2.25. The molecule has 8 heteroatoms. The van der Waals surface area contributed by atoms with Gasteiger partial charge in [0.2, 0.25) is 5.91 Å². The third kappa shape index (κ3) is 7.25. The van der Waals surface area contributed by atoms with Crippen molar-refractivity contribution in [2.24, 2.45) is 0 Å². The molecule has 0 aliphatic carbocycles. The highest BCUT2D eigenvalue weighted by molar-refractivity contribution is 7.98. The van der Waals surface area contributed by atoms with Gasteiger partial charge in [-0.15, -0.1) is 0 Å². The molecule has 0 saturated heterocycles. The number of nitrogens with one attached hydrogen (secondary N) is 1. The monoisotopic (exact) mass is 438 g/mol. The van der Waals surface area contributed by atoms with Crippen molar-refractivity contribution < 1.29 is 18.7 Å². The molecule has 5 nitrogen and oxygen atoms in total. The largest absolute Gasteiger partial charge is 0.484 e. The number of para-hydroxylation sites is 1. The summed E-state index contributed by atoms with van der Waals surface area (Å²) in [4.78, 5) is 26.5. The Bertz CT molecular complexity index is 803. The zero-order valence-electron chi connectivity index (χ0n) is 16.4. The molecular formula is C21H24ClFN2O3S. The number of thioether (sulfide) groups is 1. The van der Waals surface area contributed by atoms with Gasteiger partial charge in [0, 0.05) is 24.2 Å². The van der Waals surface area contributed by atoms with Crippen molar-refractivity contribution in [3.05, 3.63) is 64.9 Å². The standard InChI is InChI=1S/C21H24ClFN2O3S/c1-25(13-16-17(22)9-6-10-18(16)23)21(27)19(11-12-29-2)24-20(26)14-28-15-7-4-3-5-8-15/h3-10,19H,11-14H2,1-2H3,(H,24,26). The van der Waals surface area contributed by atoms with E-state index >= 15 is 0 Å². The first kappa shape index (κ1) is 23.0. The quantitative estimate of drug-likeness (QED) is 0.613. The molecule has 0 aliphatic heterocycles. The number of ether oxygens (including phenoxy) is 1. The number of amides is 2. The van der Waals surface area contributed by atoms with Crippen LogP contribution in [0.25, 0.3) is 0 Å². The van der Waals surface area contributed by atoms with Crippen LogP contribution in [-0.4, -0.2) is 48.4 Å². The van der Waals surface area contributed by atoms with Crippen LogP contribution in [0.4, 0.5) is 4.39 Å². The molecule has 1 N–H and O–H groups in total. The van der Waals surface area contributed by atoms with Crippen molar-refractivity contribution in [3.63, 3.8) is 0 Å². The maximum Gasteiger partial charge on any atom is 0.258 e. The second kappa shape index (κ2) is 11.7. The fourth-order valence-corrected chi connectivity index (χ4v) is 3.35. The summed E-state index contributed by atoms with van der Waals surface area (Å²) in [6.07, 6.45) is 2.37. The van der Waals surface area contributed by atoms with Crippen LogP contribution < -0.4 is 10.1 Å². The molecular weight excluding hydrogens is 415 g/mol. The molecule has 0 bridgehead atoms. The highest BCUT2D eigenvalue weighted by Crippen LogP contribution is 2.21. The van der Waals surface area contributed by atoms with Crippen LogP contribution in [0.5, 0.6) is 5.75 Å². The van der Waals surface area contributed by atoms with Crippen molar-refractivity contribution in [1.82, 2.24) is 10.2 Å². The first-order chi connectivity index (χ1) is 13.9. The highest BCUT2D eigenvalue weighted by Gasteiger charge is 2.25. The number of hydrogen-bond donors (Lipinski definition) is 1. The van der Waals surface area contributed by atoms with Gasteiger partial charge >= 0.3 is 0 Å². The molecule has 0 radical (unpaired) electrons. The zero-order chi connectivity index (χ0) is 21.2. The fraction of sp³-hybridized carbons (Fsp3) is 0.333. The topological polar surface area (TPSA) is 58.6 Å². The summed E-state index contributed by atoms with van der Waals surface area (Å²) in [5, 5.41) is 2.98. The van der Waals surface area contributed by atoms with Gasteiger partial charge in [-0.05, 0) is 42.7 Å². The second-order valence-electron chi connectivity index (χ2n) is 6.40. The SMILES string of the molecule is CSCCC(NC(=O)COc1ccccc1)C(=O)N(C)Cc1c(F)cccc1Cl. The number of hydrogen-bond acceptors (Lipinski definition) is 4. The number of carbonyl (C=O) groups excluding carboxylic acids is 2. The first-order valence-corrected chi connectivity index (χ1v) is 10.8. The number of carbonyl (C=O) groups is 2. The molecule has 2 amide bonds. The average molecular weight is 439 g/mol. The van der Waals surface area contributed by atoms with Crippen LogP contribution in [0.2, 0.25) is 5.02 Å². The molecule has 156 valence electrons. The van der Waals surface area contributed by atoms with Gasteiger partial charge in [-0.1, -0.05) is 35.9 Å². The van der Waals surface area contributed by atoms with E-state index in [0.29, 0.717) is 17.9 Å². The van der Waals surface area contributed by atoms with Crippen molar-refractivity contribution in [2.45, 2.75) is 19.0 Å². The van der Waals surface area contributed by atoms with Gasteiger partial charge in [-0.2, -0.15) is 11.8 Å². The van der Waals surface area contributed by atoms with Crippen LogP contribution in [0.15, 0.2) is 48.5 Å². The Labute approximate surface area is 179 Å². The lowest BCUT2D eigenvalue weighted by Crippen LogP contribution is -2.48. The van der Waals surface area contributed by atoms with Crippen molar-refractivity contribution in [2.75, 3.05) is 25.7 Å². The molecule has 1 unspecified atom stereocenters. The maximum atomic E-state index is 14.0. The van der Waals surface area contributed by atoms with Crippen LogP contribution >= 0.6 is 23.4 Å². The molecule has 0 fully saturated rings. The minimum absolute atomic E-state index is 0.0104. The second-order valence-corrected chi connectivity index (χ2v) is 7.79. The Hall–Kier alpha value is -2.25. The van der Waals surface area contributed by atoms with Crippen molar-refractivity contribution in [1.29, 1.82) is 0 Å². The van der Waals surface area contributed by atoms with E-state index in [4.69, 9.17) is 16.3 Å². The number of halogens is 2. The van der Waals surface area contributed by atoms with Crippen LogP contribution in [-0.2, 0) is 16.1 Å². The maximum absolute atomic E-state index is 14.0. The number of benzene rings is 2. The summed E-state index contributed by atoms with van der Waals surface area (Å²) in [6, 6.07) is 12.6. The van der Waals surface area contributed by atoms with E-state index in [-0.39, 0.29) is 29.6 Å². The van der Waals surface area contributed by atoms with E-state index in [1.807, 2.05) is 12.3 Å². The number of rotatable bonds is 10. The number of nitrogens with zero attached hydrogens (tertiary/aromatic N) is 1. The van der Waals surface area contributed by atoms with Crippen molar-refractivity contribution >= 4 is 35.2 Å². The summed E-state index contributed by atoms with van der Waals surface area (Å²) >= 11 is 7.63. The van der Waals surface area contributed by atoms with Gasteiger partial charge < -0.3 is 15.0 Å². The third-order valence-corrected chi connectivity index (χ3v) is 5.19. The van der Waals surface area contributed by atoms with E-state index in [1.165, 1.54) is 17.0 Å². The van der Waals surface area contributed by atoms with Crippen LogP contribution in [0, 0.1) is 5.82 Å². The summed E-state index contributed by atoms with van der Waals surface area (Å²) < 4.78 is 19.5. The average Bonchev–Trinajstić information content (AvgIpc) is 2.72. The Kier molecular flexibility index (Phi) is 9.28. The normalized spacial score (nSPS) is 11.6. The molecule has 2 aromatic carbocycles. The molecule has 0 saturated carbocycles. The predicted octanol–water partition coefficient (Wildman–Crippen LogP) is 3.75. The molecule has 0 aliphatic rings. The Morgan fingerprint density at radius 2 is 1.93 bits per heavy atom. The first-order valence-electron chi connectivity index (χ1n) is 9.06.